The Bertz CT molecular complexity index is 1030. The van der Waals surface area contributed by atoms with Crippen molar-refractivity contribution in [3.05, 3.63) is 81.9 Å². The van der Waals surface area contributed by atoms with Crippen molar-refractivity contribution in [2.75, 3.05) is 13.1 Å². The average Bonchev–Trinajstić information content (AvgIpc) is 2.87. The summed E-state index contributed by atoms with van der Waals surface area (Å²) in [6.07, 6.45) is -0.486. The van der Waals surface area contributed by atoms with Crippen LogP contribution in [0, 0.1) is 10.1 Å². The second-order valence-electron chi connectivity index (χ2n) is 7.40. The lowest BCUT2D eigenvalue weighted by Gasteiger charge is -2.18. The quantitative estimate of drug-likeness (QED) is 0.0777. The number of hydrogen-bond donors (Lipinski definition) is 4. The molecule has 1 atom stereocenters. The summed E-state index contributed by atoms with van der Waals surface area (Å²) in [7, 11) is 0. The van der Waals surface area contributed by atoms with Crippen LogP contribution in [0.15, 0.2) is 65.7 Å². The summed E-state index contributed by atoms with van der Waals surface area (Å²) in [4.78, 5) is 51.0. The lowest BCUT2D eigenvalue weighted by Crippen LogP contribution is -2.48. The maximum Gasteiger partial charge on any atom is 0.408 e. The van der Waals surface area contributed by atoms with E-state index >= 15 is 0 Å². The molecule has 13 heteroatoms. The fraction of sp³-hybridized carbons (Fsp3) is 0.304. The first-order valence-corrected chi connectivity index (χ1v) is 11.0. The minimum absolute atomic E-state index is 0.000209. The number of carbonyl (C=O) groups is 3. The molecule has 2 amide bonds. The predicted molar refractivity (Wildman–Crippen MR) is 129 cm³/mol. The third-order valence-electron chi connectivity index (χ3n) is 4.61. The van der Waals surface area contributed by atoms with Crippen molar-refractivity contribution >= 4 is 23.9 Å². The zero-order chi connectivity index (χ0) is 26.2. The molecule has 0 aliphatic rings. The highest BCUT2D eigenvalue weighted by molar-refractivity contribution is 5.88. The van der Waals surface area contributed by atoms with Gasteiger partial charge in [-0.3, -0.25) is 9.59 Å². The maximum atomic E-state index is 12.7. The largest absolute Gasteiger partial charge is 0.460 e. The van der Waals surface area contributed by atoms with Gasteiger partial charge in [-0.15, -0.1) is 0 Å². The number of hydrazine groups is 1. The highest BCUT2D eigenvalue weighted by Gasteiger charge is 2.22. The molecule has 0 saturated carbocycles. The molecule has 2 rings (SSSR count). The summed E-state index contributed by atoms with van der Waals surface area (Å²) in [5, 5.41) is 14.4. The lowest BCUT2D eigenvalue weighted by molar-refractivity contribution is -0.525. The van der Waals surface area contributed by atoms with Crippen molar-refractivity contribution in [3.8, 4) is 0 Å². The first kappa shape index (κ1) is 27.6. The van der Waals surface area contributed by atoms with Gasteiger partial charge in [0.1, 0.15) is 25.8 Å². The van der Waals surface area contributed by atoms with E-state index in [1.165, 1.54) is 0 Å². The van der Waals surface area contributed by atoms with Crippen LogP contribution in [0.1, 0.15) is 24.0 Å². The fourth-order valence-corrected chi connectivity index (χ4v) is 2.87. The Hall–Kier alpha value is -4.68. The Morgan fingerprint density at radius 1 is 0.972 bits per heavy atom. The molecule has 0 aromatic heterocycles. The summed E-state index contributed by atoms with van der Waals surface area (Å²) < 4.78 is 10.3. The Morgan fingerprint density at radius 3 is 2.14 bits per heavy atom. The van der Waals surface area contributed by atoms with Crippen LogP contribution in [0.25, 0.3) is 0 Å². The van der Waals surface area contributed by atoms with Gasteiger partial charge in [-0.05, 0) is 24.0 Å². The minimum Gasteiger partial charge on any atom is -0.460 e. The number of nitro groups is 1. The van der Waals surface area contributed by atoms with E-state index in [2.05, 4.69) is 15.6 Å². The average molecular weight is 501 g/mol. The Kier molecular flexibility index (Phi) is 11.7. The van der Waals surface area contributed by atoms with Crippen LogP contribution in [-0.2, 0) is 32.3 Å². The number of alkyl carbamates (subject to hydrolysis) is 1. The van der Waals surface area contributed by atoms with E-state index in [-0.39, 0.29) is 32.6 Å². The summed E-state index contributed by atoms with van der Waals surface area (Å²) in [6, 6.07) is 17.0. The number of nitrogens with two attached hydrogens (primary N) is 1. The SMILES string of the molecule is NC(=NCCC[C@H](NC(=O)OCc1ccccc1)C(=O)NCC(=O)OCc1ccccc1)N[N+](=O)[O-]. The standard InChI is InChI=1S/C23H28N6O7/c24-22(28-29(33)34)25-13-7-12-19(27-23(32)36-16-18-10-5-2-6-11-18)21(31)26-14-20(30)35-15-17-8-3-1-4-9-17/h1-6,8-11,19H,7,12-16H2,(H,26,31)(H,27,32)(H3,24,25,28)/t19-/m0/s1. The summed E-state index contributed by atoms with van der Waals surface area (Å²) in [6.45, 7) is -0.294. The monoisotopic (exact) mass is 500 g/mol. The van der Waals surface area contributed by atoms with Crippen molar-refractivity contribution in [1.82, 2.24) is 16.1 Å². The number of esters is 1. The van der Waals surface area contributed by atoms with Gasteiger partial charge in [-0.25, -0.2) is 19.9 Å². The number of aliphatic imine (C=N–C) groups is 1. The maximum absolute atomic E-state index is 12.7. The number of ether oxygens (including phenoxy) is 2. The zero-order valence-electron chi connectivity index (χ0n) is 19.4. The second kappa shape index (κ2) is 15.3. The normalized spacial score (nSPS) is 11.6. The molecule has 5 N–H and O–H groups in total. The van der Waals surface area contributed by atoms with Gasteiger partial charge in [0.05, 0.1) is 0 Å². The van der Waals surface area contributed by atoms with E-state index in [0.717, 1.165) is 11.1 Å². The minimum atomic E-state index is -1.06. The van der Waals surface area contributed by atoms with Gasteiger partial charge in [0.15, 0.2) is 5.03 Å². The number of nitrogens with zero attached hydrogens (tertiary/aromatic N) is 2. The Balaban J connectivity index is 1.87. The van der Waals surface area contributed by atoms with Crippen molar-refractivity contribution in [1.29, 1.82) is 0 Å². The van der Waals surface area contributed by atoms with Gasteiger partial charge >= 0.3 is 12.1 Å². The third kappa shape index (κ3) is 11.4. The highest BCUT2D eigenvalue weighted by atomic mass is 16.7. The van der Waals surface area contributed by atoms with E-state index in [1.807, 2.05) is 24.3 Å². The fourth-order valence-electron chi connectivity index (χ4n) is 2.87. The van der Waals surface area contributed by atoms with Crippen molar-refractivity contribution < 1.29 is 28.9 Å². The molecule has 0 aliphatic heterocycles. The molecule has 2 aromatic carbocycles. The van der Waals surface area contributed by atoms with Crippen molar-refractivity contribution in [2.45, 2.75) is 32.1 Å². The number of amides is 2. The van der Waals surface area contributed by atoms with Gasteiger partial charge < -0.3 is 25.8 Å². The van der Waals surface area contributed by atoms with Gasteiger partial charge in [-0.1, -0.05) is 66.1 Å². The summed E-state index contributed by atoms with van der Waals surface area (Å²) in [5.41, 5.74) is 8.62. The number of hydrogen-bond acceptors (Lipinski definition) is 8. The molecule has 0 heterocycles. The molecular weight excluding hydrogens is 472 g/mol. The topological polar surface area (TPSA) is 187 Å². The molecule has 0 radical (unpaired) electrons. The first-order chi connectivity index (χ1) is 17.3. The second-order valence-corrected chi connectivity index (χ2v) is 7.40. The third-order valence-corrected chi connectivity index (χ3v) is 4.61. The van der Waals surface area contributed by atoms with Crippen molar-refractivity contribution in [2.24, 2.45) is 10.7 Å². The number of carbonyl (C=O) groups excluding carboxylic acids is 3. The molecule has 192 valence electrons. The number of nitrogens with one attached hydrogen (secondary N) is 3. The van der Waals surface area contributed by atoms with Gasteiger partial charge in [0.2, 0.25) is 5.91 Å². The smallest absolute Gasteiger partial charge is 0.408 e. The number of benzene rings is 2. The van der Waals surface area contributed by atoms with Crippen LogP contribution in [0.5, 0.6) is 0 Å². The number of guanidine groups is 1. The molecule has 0 saturated heterocycles. The van der Waals surface area contributed by atoms with E-state index < -0.39 is 41.5 Å². The van der Waals surface area contributed by atoms with Crippen LogP contribution in [-0.4, -0.2) is 48.1 Å². The molecule has 0 unspecified atom stereocenters. The Morgan fingerprint density at radius 2 is 1.56 bits per heavy atom. The Labute approximate surface area is 207 Å². The molecule has 0 aliphatic carbocycles. The van der Waals surface area contributed by atoms with Crippen LogP contribution in [0.4, 0.5) is 4.79 Å². The van der Waals surface area contributed by atoms with Gasteiger partial charge in [-0.2, -0.15) is 0 Å². The van der Waals surface area contributed by atoms with E-state index in [4.69, 9.17) is 15.2 Å². The highest BCUT2D eigenvalue weighted by Crippen LogP contribution is 2.04. The van der Waals surface area contributed by atoms with Crippen molar-refractivity contribution in [3.63, 3.8) is 0 Å². The van der Waals surface area contributed by atoms with Crippen LogP contribution < -0.4 is 21.8 Å². The molecule has 13 nitrogen and oxygen atoms in total. The van der Waals surface area contributed by atoms with Crippen LogP contribution in [0.3, 0.4) is 0 Å². The predicted octanol–water partition coefficient (Wildman–Crippen LogP) is 1.02. The number of rotatable bonds is 13. The van der Waals surface area contributed by atoms with E-state index in [9.17, 15) is 24.5 Å². The van der Waals surface area contributed by atoms with Gasteiger partial charge in [0.25, 0.3) is 5.96 Å². The first-order valence-electron chi connectivity index (χ1n) is 11.0. The zero-order valence-corrected chi connectivity index (χ0v) is 19.4. The molecular formula is C23H28N6O7. The van der Waals surface area contributed by atoms with Crippen LogP contribution >= 0.6 is 0 Å². The van der Waals surface area contributed by atoms with Crippen LogP contribution in [0.2, 0.25) is 0 Å². The van der Waals surface area contributed by atoms with E-state index in [1.54, 1.807) is 41.8 Å². The van der Waals surface area contributed by atoms with Gasteiger partial charge in [0, 0.05) is 6.54 Å². The molecule has 36 heavy (non-hydrogen) atoms. The molecule has 0 fully saturated rings. The molecule has 0 spiro atoms. The molecule has 2 aromatic rings. The van der Waals surface area contributed by atoms with E-state index in [0.29, 0.717) is 0 Å². The lowest BCUT2D eigenvalue weighted by atomic mass is 10.1. The molecule has 0 bridgehead atoms. The summed E-state index contributed by atoms with van der Waals surface area (Å²) in [5.74, 6) is -1.68. The summed E-state index contributed by atoms with van der Waals surface area (Å²) >= 11 is 0.